The number of likely N-dealkylation sites (N-methyl/N-ethyl adjacent to an activating group) is 1. The maximum Gasteiger partial charge on any atom is 0.330 e. The second-order valence-corrected chi connectivity index (χ2v) is 7.46. The molecule has 0 aliphatic heterocycles. The number of anilines is 1. The lowest BCUT2D eigenvalue weighted by atomic mass is 10.0. The molecule has 0 aliphatic rings. The highest BCUT2D eigenvalue weighted by Gasteiger charge is 2.19. The molecule has 0 saturated carbocycles. The first kappa shape index (κ1) is 25.2. The normalized spacial score (nSPS) is 11.1. The smallest absolute Gasteiger partial charge is 0.330 e. The largest absolute Gasteiger partial charge is 0.505 e. The average molecular weight is 474 g/mol. The molecule has 0 unspecified atom stereocenters. The molecule has 0 spiro atoms. The molecule has 0 radical (unpaired) electrons. The molecular weight excluding hydrogens is 446 g/mol. The second kappa shape index (κ2) is 12.1. The number of rotatable bonds is 10. The molecule has 0 fully saturated rings. The van der Waals surface area contributed by atoms with Gasteiger partial charge < -0.3 is 19.8 Å². The summed E-state index contributed by atoms with van der Waals surface area (Å²) >= 11 is 0. The van der Waals surface area contributed by atoms with Gasteiger partial charge in [-0.05, 0) is 38.1 Å². The number of hydrogen-bond donors (Lipinski definition) is 2. The first-order chi connectivity index (χ1) is 17.0. The van der Waals surface area contributed by atoms with Crippen LogP contribution in [0.1, 0.15) is 29.8 Å². The van der Waals surface area contributed by atoms with E-state index in [0.717, 1.165) is 5.69 Å². The molecule has 0 bridgehead atoms. The Labute approximate surface area is 203 Å². The van der Waals surface area contributed by atoms with Gasteiger partial charge in [0, 0.05) is 18.2 Å². The Morgan fingerprint density at radius 3 is 2.40 bits per heavy atom. The van der Waals surface area contributed by atoms with Crippen molar-refractivity contribution in [2.45, 2.75) is 13.8 Å². The van der Waals surface area contributed by atoms with Crippen LogP contribution in [0.2, 0.25) is 0 Å². The van der Waals surface area contributed by atoms with E-state index in [1.165, 1.54) is 18.2 Å². The third-order valence-corrected chi connectivity index (χ3v) is 5.18. The summed E-state index contributed by atoms with van der Waals surface area (Å²) < 4.78 is 5.19. The molecule has 0 aliphatic carbocycles. The van der Waals surface area contributed by atoms with Crippen LogP contribution in [-0.2, 0) is 9.53 Å². The van der Waals surface area contributed by atoms with Crippen molar-refractivity contribution in [3.05, 3.63) is 90.0 Å². The second-order valence-electron chi connectivity index (χ2n) is 7.46. The number of ketones is 1. The van der Waals surface area contributed by atoms with Crippen LogP contribution in [-0.4, -0.2) is 41.7 Å². The third-order valence-electron chi connectivity index (χ3n) is 5.18. The van der Waals surface area contributed by atoms with Crippen molar-refractivity contribution in [3.63, 3.8) is 0 Å². The SMILES string of the molecule is CC=CC(=O)OCCN(CC)c1ccccc1N=Nc1c(O)ccc(C(=O)c2ccccc2)c1O. The molecule has 35 heavy (non-hydrogen) atoms. The lowest BCUT2D eigenvalue weighted by Crippen LogP contribution is -2.27. The summed E-state index contributed by atoms with van der Waals surface area (Å²) in [5.41, 5.74) is 1.42. The molecular formula is C27H27N3O5. The minimum atomic E-state index is -0.455. The van der Waals surface area contributed by atoms with Gasteiger partial charge in [-0.1, -0.05) is 48.5 Å². The summed E-state index contributed by atoms with van der Waals surface area (Å²) in [4.78, 5) is 26.4. The van der Waals surface area contributed by atoms with Gasteiger partial charge in [0.2, 0.25) is 0 Å². The van der Waals surface area contributed by atoms with Gasteiger partial charge in [-0.25, -0.2) is 4.79 Å². The van der Waals surface area contributed by atoms with Crippen molar-refractivity contribution in [1.29, 1.82) is 0 Å². The molecule has 8 nitrogen and oxygen atoms in total. The molecule has 2 N–H and O–H groups in total. The predicted octanol–water partition coefficient (Wildman–Crippen LogP) is 5.69. The van der Waals surface area contributed by atoms with E-state index in [0.29, 0.717) is 24.3 Å². The fraction of sp³-hybridized carbons (Fsp3) is 0.185. The highest BCUT2D eigenvalue weighted by Crippen LogP contribution is 2.41. The summed E-state index contributed by atoms with van der Waals surface area (Å²) in [6.45, 7) is 4.94. The number of phenols is 2. The van der Waals surface area contributed by atoms with Crippen molar-refractivity contribution >= 4 is 28.8 Å². The Kier molecular flexibility index (Phi) is 8.72. The quantitative estimate of drug-likeness (QED) is 0.169. The van der Waals surface area contributed by atoms with Crippen molar-refractivity contribution < 1.29 is 24.5 Å². The van der Waals surface area contributed by atoms with Crippen molar-refractivity contribution in [3.8, 4) is 11.5 Å². The number of ether oxygens (including phenoxy) is 1. The van der Waals surface area contributed by atoms with E-state index in [2.05, 4.69) is 10.2 Å². The molecule has 3 aromatic carbocycles. The Morgan fingerprint density at radius 2 is 1.69 bits per heavy atom. The van der Waals surface area contributed by atoms with E-state index in [-0.39, 0.29) is 23.6 Å². The summed E-state index contributed by atoms with van der Waals surface area (Å²) in [7, 11) is 0. The Balaban J connectivity index is 1.86. The number of para-hydroxylation sites is 1. The van der Waals surface area contributed by atoms with E-state index in [9.17, 15) is 19.8 Å². The van der Waals surface area contributed by atoms with E-state index in [4.69, 9.17) is 4.74 Å². The standard InChI is InChI=1S/C27H27N3O5/c1-3-10-24(32)35-18-17-30(4-2)22-14-9-8-13-21(22)28-29-25-23(31)16-15-20(27(25)34)26(33)19-11-6-5-7-12-19/h3,5-16,31,34H,4,17-18H2,1-2H3. The fourth-order valence-electron chi connectivity index (χ4n) is 3.41. The van der Waals surface area contributed by atoms with Crippen molar-refractivity contribution in [1.82, 2.24) is 0 Å². The number of aromatic hydroxyl groups is 2. The summed E-state index contributed by atoms with van der Waals surface area (Å²) in [6.07, 6.45) is 2.97. The van der Waals surface area contributed by atoms with Gasteiger partial charge in [0.1, 0.15) is 18.0 Å². The first-order valence-corrected chi connectivity index (χ1v) is 11.2. The van der Waals surface area contributed by atoms with Crippen LogP contribution in [0.4, 0.5) is 17.1 Å². The summed E-state index contributed by atoms with van der Waals surface area (Å²) in [5, 5.41) is 29.3. The van der Waals surface area contributed by atoms with Crippen LogP contribution in [0, 0.1) is 0 Å². The molecule has 0 saturated heterocycles. The van der Waals surface area contributed by atoms with E-state index < -0.39 is 17.5 Å². The number of esters is 1. The van der Waals surface area contributed by atoms with Gasteiger partial charge in [0.05, 0.1) is 17.8 Å². The van der Waals surface area contributed by atoms with Crippen LogP contribution < -0.4 is 4.90 Å². The molecule has 0 amide bonds. The molecule has 180 valence electrons. The minimum absolute atomic E-state index is 0.00867. The Bertz CT molecular complexity index is 1240. The van der Waals surface area contributed by atoms with Gasteiger partial charge in [-0.2, -0.15) is 0 Å². The van der Waals surface area contributed by atoms with Gasteiger partial charge in [-0.15, -0.1) is 10.2 Å². The number of carbonyl (C=O) groups is 2. The topological polar surface area (TPSA) is 112 Å². The molecule has 3 aromatic rings. The zero-order chi connectivity index (χ0) is 25.2. The highest BCUT2D eigenvalue weighted by molar-refractivity contribution is 6.11. The maximum atomic E-state index is 12.8. The molecule has 0 heterocycles. The van der Waals surface area contributed by atoms with E-state index in [1.807, 2.05) is 24.0 Å². The number of hydrogen-bond acceptors (Lipinski definition) is 8. The van der Waals surface area contributed by atoms with Crippen molar-refractivity contribution in [2.24, 2.45) is 10.2 Å². The monoisotopic (exact) mass is 473 g/mol. The lowest BCUT2D eigenvalue weighted by molar-refractivity contribution is -0.137. The number of benzene rings is 3. The average Bonchev–Trinajstić information content (AvgIpc) is 2.87. The van der Waals surface area contributed by atoms with Crippen LogP contribution >= 0.6 is 0 Å². The molecule has 0 aromatic heterocycles. The van der Waals surface area contributed by atoms with Gasteiger partial charge in [0.25, 0.3) is 0 Å². The number of azo groups is 1. The Hall–Kier alpha value is -4.46. The summed E-state index contributed by atoms with van der Waals surface area (Å²) in [6, 6.07) is 18.4. The van der Waals surface area contributed by atoms with Crippen LogP contribution in [0.5, 0.6) is 11.5 Å². The van der Waals surface area contributed by atoms with Crippen LogP contribution in [0.25, 0.3) is 0 Å². The number of nitrogens with zero attached hydrogens (tertiary/aromatic N) is 3. The van der Waals surface area contributed by atoms with Gasteiger partial charge >= 0.3 is 5.97 Å². The zero-order valence-electron chi connectivity index (χ0n) is 19.6. The zero-order valence-corrected chi connectivity index (χ0v) is 19.6. The predicted molar refractivity (Wildman–Crippen MR) is 134 cm³/mol. The van der Waals surface area contributed by atoms with E-state index in [1.54, 1.807) is 55.5 Å². The highest BCUT2D eigenvalue weighted by atomic mass is 16.5. The maximum absolute atomic E-state index is 12.8. The molecule has 0 atom stereocenters. The third kappa shape index (κ3) is 6.32. The molecule has 8 heteroatoms. The fourth-order valence-corrected chi connectivity index (χ4v) is 3.41. The number of allylic oxidation sites excluding steroid dienone is 1. The molecule has 3 rings (SSSR count). The Morgan fingerprint density at radius 1 is 0.971 bits per heavy atom. The number of carbonyl (C=O) groups excluding carboxylic acids is 2. The van der Waals surface area contributed by atoms with Gasteiger partial charge in [0.15, 0.2) is 17.2 Å². The minimum Gasteiger partial charge on any atom is -0.505 e. The van der Waals surface area contributed by atoms with E-state index >= 15 is 0 Å². The van der Waals surface area contributed by atoms with Gasteiger partial charge in [-0.3, -0.25) is 4.79 Å². The van der Waals surface area contributed by atoms with Crippen LogP contribution in [0.3, 0.4) is 0 Å². The van der Waals surface area contributed by atoms with Crippen molar-refractivity contribution in [2.75, 3.05) is 24.6 Å². The lowest BCUT2D eigenvalue weighted by Gasteiger charge is -2.23. The first-order valence-electron chi connectivity index (χ1n) is 11.2. The summed E-state index contributed by atoms with van der Waals surface area (Å²) in [5.74, 6) is -1.57. The van der Waals surface area contributed by atoms with Crippen LogP contribution in [0.15, 0.2) is 89.1 Å². The number of phenolic OH excluding ortho intramolecular Hbond substituents is 2.